The molecule has 1 aliphatic heterocycles. The topological polar surface area (TPSA) is 41.6 Å². The van der Waals surface area contributed by atoms with Crippen LogP contribution in [0.3, 0.4) is 0 Å². The van der Waals surface area contributed by atoms with Crippen molar-refractivity contribution in [3.63, 3.8) is 0 Å². The van der Waals surface area contributed by atoms with Crippen LogP contribution >= 0.6 is 15.9 Å². The van der Waals surface area contributed by atoms with Crippen LogP contribution in [-0.2, 0) is 6.42 Å². The lowest BCUT2D eigenvalue weighted by Gasteiger charge is -2.35. The minimum absolute atomic E-state index is 0.0495. The van der Waals surface area contributed by atoms with E-state index in [0.717, 1.165) is 10.9 Å². The van der Waals surface area contributed by atoms with Gasteiger partial charge in [-0.3, -0.25) is 0 Å². The fraction of sp³-hybridized carbons (Fsp3) is 0.278. The van der Waals surface area contributed by atoms with Crippen molar-refractivity contribution < 1.29 is 9.53 Å². The maximum Gasteiger partial charge on any atom is 0.322 e. The van der Waals surface area contributed by atoms with E-state index in [-0.39, 0.29) is 12.1 Å². The van der Waals surface area contributed by atoms with E-state index in [1.54, 1.807) is 7.11 Å². The standard InChI is InChI=1S/C18H19BrN2O2/c1-12-14-7-4-3-6-13(14)10-11-21(12)18(22)20-17-15(19)8-5-9-16(17)23-2/h3-9,12H,10-11H2,1-2H3,(H,20,22). The van der Waals surface area contributed by atoms with Gasteiger partial charge >= 0.3 is 6.03 Å². The number of benzene rings is 2. The van der Waals surface area contributed by atoms with E-state index < -0.39 is 0 Å². The highest BCUT2D eigenvalue weighted by atomic mass is 79.9. The molecule has 0 fully saturated rings. The molecule has 2 amide bonds. The summed E-state index contributed by atoms with van der Waals surface area (Å²) in [7, 11) is 1.59. The van der Waals surface area contributed by atoms with Crippen LogP contribution in [0.5, 0.6) is 5.75 Å². The molecule has 23 heavy (non-hydrogen) atoms. The first-order valence-corrected chi connectivity index (χ1v) is 8.39. The van der Waals surface area contributed by atoms with Crippen LogP contribution in [0.4, 0.5) is 10.5 Å². The third-order valence-electron chi connectivity index (χ3n) is 4.28. The first-order chi connectivity index (χ1) is 11.1. The van der Waals surface area contributed by atoms with Crippen LogP contribution < -0.4 is 10.1 Å². The fourth-order valence-corrected chi connectivity index (χ4v) is 3.47. The molecule has 2 aromatic rings. The molecule has 0 saturated carbocycles. The molecule has 0 radical (unpaired) electrons. The first-order valence-electron chi connectivity index (χ1n) is 7.59. The number of halogens is 1. The van der Waals surface area contributed by atoms with E-state index in [0.29, 0.717) is 18.0 Å². The predicted octanol–water partition coefficient (Wildman–Crippen LogP) is 4.61. The number of anilines is 1. The molecule has 0 saturated heterocycles. The van der Waals surface area contributed by atoms with Crippen molar-refractivity contribution in [2.45, 2.75) is 19.4 Å². The van der Waals surface area contributed by atoms with Gasteiger partial charge in [-0.1, -0.05) is 30.3 Å². The van der Waals surface area contributed by atoms with Gasteiger partial charge in [-0.15, -0.1) is 0 Å². The maximum atomic E-state index is 12.7. The van der Waals surface area contributed by atoms with Crippen molar-refractivity contribution in [1.29, 1.82) is 0 Å². The molecule has 120 valence electrons. The summed E-state index contributed by atoms with van der Waals surface area (Å²) in [6, 6.07) is 13.8. The second-order valence-corrected chi connectivity index (χ2v) is 6.42. The maximum absolute atomic E-state index is 12.7. The molecule has 0 spiro atoms. The van der Waals surface area contributed by atoms with E-state index in [9.17, 15) is 4.79 Å². The van der Waals surface area contributed by atoms with Gasteiger partial charge in [-0.05, 0) is 52.5 Å². The van der Waals surface area contributed by atoms with E-state index in [1.807, 2.05) is 35.2 Å². The molecule has 0 aromatic heterocycles. The Morgan fingerprint density at radius 1 is 1.26 bits per heavy atom. The number of methoxy groups -OCH3 is 1. The number of ether oxygens (including phenoxy) is 1. The normalized spacial score (nSPS) is 16.7. The highest BCUT2D eigenvalue weighted by molar-refractivity contribution is 9.10. The Labute approximate surface area is 144 Å². The van der Waals surface area contributed by atoms with Gasteiger partial charge in [-0.2, -0.15) is 0 Å². The van der Waals surface area contributed by atoms with Gasteiger partial charge in [0.2, 0.25) is 0 Å². The number of fused-ring (bicyclic) bond motifs is 1. The van der Waals surface area contributed by atoms with Crippen LogP contribution in [0.25, 0.3) is 0 Å². The van der Waals surface area contributed by atoms with Crippen molar-refractivity contribution in [2.24, 2.45) is 0 Å². The third-order valence-corrected chi connectivity index (χ3v) is 4.94. The van der Waals surface area contributed by atoms with Gasteiger partial charge in [0.1, 0.15) is 5.75 Å². The number of carbonyl (C=O) groups excluding carboxylic acids is 1. The number of nitrogens with one attached hydrogen (secondary N) is 1. The summed E-state index contributed by atoms with van der Waals surface area (Å²) in [6.45, 7) is 2.77. The number of rotatable bonds is 2. The second-order valence-electron chi connectivity index (χ2n) is 5.57. The summed E-state index contributed by atoms with van der Waals surface area (Å²) >= 11 is 3.47. The van der Waals surface area contributed by atoms with Gasteiger partial charge in [0.05, 0.1) is 18.8 Å². The molecule has 1 unspecified atom stereocenters. The Bertz CT molecular complexity index is 733. The molecule has 3 rings (SSSR count). The van der Waals surface area contributed by atoms with Crippen molar-refractivity contribution in [1.82, 2.24) is 4.90 Å². The number of para-hydroxylation sites is 1. The number of urea groups is 1. The van der Waals surface area contributed by atoms with E-state index in [2.05, 4.69) is 40.3 Å². The number of amides is 2. The molecule has 1 heterocycles. The molecule has 1 atom stereocenters. The van der Waals surface area contributed by atoms with Crippen LogP contribution in [0, 0.1) is 0 Å². The number of hydrogen-bond donors (Lipinski definition) is 1. The van der Waals surface area contributed by atoms with Gasteiger partial charge in [0.25, 0.3) is 0 Å². The Balaban J connectivity index is 1.83. The van der Waals surface area contributed by atoms with Crippen molar-refractivity contribution in [3.8, 4) is 5.75 Å². The van der Waals surface area contributed by atoms with Crippen LogP contribution in [0.2, 0.25) is 0 Å². The molecule has 0 aliphatic carbocycles. The van der Waals surface area contributed by atoms with E-state index in [4.69, 9.17) is 4.74 Å². The van der Waals surface area contributed by atoms with Crippen molar-refractivity contribution >= 4 is 27.6 Å². The summed E-state index contributed by atoms with van der Waals surface area (Å²) in [4.78, 5) is 14.6. The highest BCUT2D eigenvalue weighted by Gasteiger charge is 2.28. The van der Waals surface area contributed by atoms with Crippen molar-refractivity contribution in [2.75, 3.05) is 19.0 Å². The lowest BCUT2D eigenvalue weighted by Crippen LogP contribution is -2.41. The molecule has 1 aliphatic rings. The smallest absolute Gasteiger partial charge is 0.322 e. The largest absolute Gasteiger partial charge is 0.495 e. The Morgan fingerprint density at radius 2 is 2.04 bits per heavy atom. The zero-order valence-electron chi connectivity index (χ0n) is 13.2. The molecule has 2 aromatic carbocycles. The summed E-state index contributed by atoms with van der Waals surface area (Å²) in [5, 5.41) is 2.98. The number of nitrogens with zero attached hydrogens (tertiary/aromatic N) is 1. The summed E-state index contributed by atoms with van der Waals surface area (Å²) in [5.74, 6) is 0.637. The first kappa shape index (κ1) is 15.9. The summed E-state index contributed by atoms with van der Waals surface area (Å²) < 4.78 is 6.14. The fourth-order valence-electron chi connectivity index (χ4n) is 3.02. The van der Waals surface area contributed by atoms with Crippen LogP contribution in [0.15, 0.2) is 46.9 Å². The molecular weight excluding hydrogens is 356 g/mol. The SMILES string of the molecule is COc1cccc(Br)c1NC(=O)N1CCc2ccccc2C1C. The molecule has 4 nitrogen and oxygen atoms in total. The molecule has 1 N–H and O–H groups in total. The minimum Gasteiger partial charge on any atom is -0.495 e. The van der Waals surface area contributed by atoms with Crippen LogP contribution in [0.1, 0.15) is 24.1 Å². The van der Waals surface area contributed by atoms with Gasteiger partial charge in [-0.25, -0.2) is 4.79 Å². The highest BCUT2D eigenvalue weighted by Crippen LogP contribution is 2.34. The molecular formula is C18H19BrN2O2. The molecule has 0 bridgehead atoms. The van der Waals surface area contributed by atoms with Gasteiger partial charge < -0.3 is 15.0 Å². The Morgan fingerprint density at radius 3 is 2.83 bits per heavy atom. The average Bonchev–Trinajstić information content (AvgIpc) is 2.57. The van der Waals surface area contributed by atoms with Crippen LogP contribution in [-0.4, -0.2) is 24.6 Å². The zero-order valence-corrected chi connectivity index (χ0v) is 14.8. The quantitative estimate of drug-likeness (QED) is 0.833. The predicted molar refractivity (Wildman–Crippen MR) is 95.0 cm³/mol. The third kappa shape index (κ3) is 3.06. The Kier molecular flexibility index (Phi) is 4.57. The summed E-state index contributed by atoms with van der Waals surface area (Å²) in [6.07, 6.45) is 0.876. The molecule has 5 heteroatoms. The van der Waals surface area contributed by atoms with Crippen molar-refractivity contribution in [3.05, 3.63) is 58.1 Å². The van der Waals surface area contributed by atoms with E-state index in [1.165, 1.54) is 11.1 Å². The van der Waals surface area contributed by atoms with Gasteiger partial charge in [0, 0.05) is 11.0 Å². The second kappa shape index (κ2) is 6.62. The Hall–Kier alpha value is -2.01. The average molecular weight is 375 g/mol. The lowest BCUT2D eigenvalue weighted by atomic mass is 9.94. The zero-order chi connectivity index (χ0) is 16.4. The monoisotopic (exact) mass is 374 g/mol. The lowest BCUT2D eigenvalue weighted by molar-refractivity contribution is 0.188. The number of hydrogen-bond acceptors (Lipinski definition) is 2. The number of carbonyl (C=O) groups is 1. The van der Waals surface area contributed by atoms with E-state index >= 15 is 0 Å². The minimum atomic E-state index is -0.114. The van der Waals surface area contributed by atoms with Gasteiger partial charge in [0.15, 0.2) is 0 Å². The summed E-state index contributed by atoms with van der Waals surface area (Å²) in [5.41, 5.74) is 3.20.